The summed E-state index contributed by atoms with van der Waals surface area (Å²) in [6.45, 7) is 14.7. The van der Waals surface area contributed by atoms with E-state index in [-0.39, 0.29) is 5.69 Å². The molecule has 0 aliphatic heterocycles. The number of aromatic nitrogens is 6. The molecule has 10 nitrogen and oxygen atoms in total. The molecule has 0 saturated carbocycles. The Hall–Kier alpha value is -4.30. The lowest BCUT2D eigenvalue weighted by atomic mass is 10.1. The lowest BCUT2D eigenvalue weighted by molar-refractivity contribution is -0.137. The highest BCUT2D eigenvalue weighted by Gasteiger charge is 2.30. The first-order valence-electron chi connectivity index (χ1n) is 14.7. The second-order valence-corrected chi connectivity index (χ2v) is 11.4. The number of hydrogen-bond acceptors (Lipinski definition) is 8. The van der Waals surface area contributed by atoms with Crippen LogP contribution in [0.25, 0.3) is 16.9 Å². The van der Waals surface area contributed by atoms with Gasteiger partial charge in [-0.15, -0.1) is 0 Å². The average molecular weight is 642 g/mol. The molecule has 0 fully saturated rings. The molecule has 0 saturated heterocycles. The minimum Gasteiger partial charge on any atom is -0.329 e. The molecule has 0 aliphatic rings. The van der Waals surface area contributed by atoms with Crippen molar-refractivity contribution in [3.8, 4) is 11.3 Å². The van der Waals surface area contributed by atoms with E-state index in [0.717, 1.165) is 77.4 Å². The molecule has 2 N–H and O–H groups in total. The quantitative estimate of drug-likeness (QED) is 0.138. The maximum absolute atomic E-state index is 12.1. The summed E-state index contributed by atoms with van der Waals surface area (Å²) in [5.41, 5.74) is 4.18. The number of imidazole rings is 1. The Labute approximate surface area is 264 Å². The maximum atomic E-state index is 12.1. The summed E-state index contributed by atoms with van der Waals surface area (Å²) in [6, 6.07) is 6.54. The first kappa shape index (κ1) is 33.6. The van der Waals surface area contributed by atoms with Crippen LogP contribution < -0.4 is 10.6 Å². The summed E-state index contributed by atoms with van der Waals surface area (Å²) in [7, 11) is 0. The van der Waals surface area contributed by atoms with E-state index < -0.39 is 11.7 Å². The van der Waals surface area contributed by atoms with E-state index in [0.29, 0.717) is 12.3 Å². The molecule has 0 bridgehead atoms. The van der Waals surface area contributed by atoms with Crippen LogP contribution in [0.3, 0.4) is 0 Å². The fourth-order valence-electron chi connectivity index (χ4n) is 4.59. The second-order valence-electron chi connectivity index (χ2n) is 10.6. The molecular weight excluding hydrogens is 603 g/mol. The summed E-state index contributed by atoms with van der Waals surface area (Å²) in [6.07, 6.45) is 4.96. The average Bonchev–Trinajstić information content (AvgIpc) is 3.77. The zero-order valence-corrected chi connectivity index (χ0v) is 26.8. The fraction of sp³-hybridized carbons (Fsp3) is 0.387. The number of amides is 1. The number of benzene rings is 1. The molecule has 0 aliphatic carbocycles. The van der Waals surface area contributed by atoms with Crippen molar-refractivity contribution in [3.63, 3.8) is 0 Å². The van der Waals surface area contributed by atoms with E-state index >= 15 is 0 Å². The molecule has 1 amide bonds. The Balaban J connectivity index is 0.000000297. The van der Waals surface area contributed by atoms with Crippen LogP contribution in [0.2, 0.25) is 0 Å². The standard InChI is InChI=1S/C23H32N8S.C8H6F3NO/c1-6-16(4)12-29(7-2)15-19-9-21(32-28-19)27-22-23-24-11-20(31(23)13-17(5)26-22)18-10-25-30(8-3)14-18;9-8(10,11)6-2-1-3-7(4-6)12-5-13/h9-11,13-14,16H,6-8,12,15H2,1-5H3,(H,26,27);1-5H,(H,12,13). The molecule has 4 heterocycles. The molecule has 240 valence electrons. The number of carbonyl (C=O) groups is 1. The summed E-state index contributed by atoms with van der Waals surface area (Å²) >= 11 is 1.47. The summed E-state index contributed by atoms with van der Waals surface area (Å²) in [5, 5.41) is 11.0. The van der Waals surface area contributed by atoms with Gasteiger partial charge in [-0.05, 0) is 62.1 Å². The number of anilines is 3. The number of halogens is 3. The summed E-state index contributed by atoms with van der Waals surface area (Å²) in [5.74, 6) is 1.43. The Bertz CT molecular complexity index is 1700. The van der Waals surface area contributed by atoms with E-state index in [1.807, 2.05) is 36.4 Å². The van der Waals surface area contributed by atoms with E-state index in [1.54, 1.807) is 0 Å². The number of carbonyl (C=O) groups excluding carboxylic acids is 1. The molecule has 0 spiro atoms. The Morgan fingerprint density at radius 3 is 2.60 bits per heavy atom. The number of aryl methyl sites for hydroxylation is 2. The number of nitrogens with one attached hydrogen (secondary N) is 2. The zero-order valence-electron chi connectivity index (χ0n) is 26.0. The predicted octanol–water partition coefficient (Wildman–Crippen LogP) is 7.26. The molecule has 45 heavy (non-hydrogen) atoms. The van der Waals surface area contributed by atoms with Gasteiger partial charge in [-0.3, -0.25) is 18.8 Å². The van der Waals surface area contributed by atoms with Crippen LogP contribution in [0.5, 0.6) is 0 Å². The van der Waals surface area contributed by atoms with E-state index in [4.69, 9.17) is 4.98 Å². The third-order valence-electron chi connectivity index (χ3n) is 7.18. The van der Waals surface area contributed by atoms with Crippen LogP contribution in [-0.4, -0.2) is 52.9 Å². The van der Waals surface area contributed by atoms with Crippen molar-refractivity contribution in [2.75, 3.05) is 23.7 Å². The normalized spacial score (nSPS) is 12.2. The fourth-order valence-corrected chi connectivity index (χ4v) is 5.25. The van der Waals surface area contributed by atoms with Crippen LogP contribution in [0, 0.1) is 12.8 Å². The largest absolute Gasteiger partial charge is 0.416 e. The smallest absolute Gasteiger partial charge is 0.329 e. The number of fused-ring (bicyclic) bond motifs is 1. The van der Waals surface area contributed by atoms with Gasteiger partial charge < -0.3 is 10.6 Å². The van der Waals surface area contributed by atoms with Crippen LogP contribution in [-0.2, 0) is 24.1 Å². The lowest BCUT2D eigenvalue weighted by Crippen LogP contribution is -2.27. The van der Waals surface area contributed by atoms with Gasteiger partial charge in [-0.25, -0.2) is 9.97 Å². The third-order valence-corrected chi connectivity index (χ3v) is 7.92. The van der Waals surface area contributed by atoms with Crippen molar-refractivity contribution < 1.29 is 18.0 Å². The second kappa shape index (κ2) is 15.1. The highest BCUT2D eigenvalue weighted by atomic mass is 32.1. The van der Waals surface area contributed by atoms with Crippen LogP contribution >= 0.6 is 11.5 Å². The molecule has 0 radical (unpaired) electrons. The van der Waals surface area contributed by atoms with Crippen LogP contribution in [0.4, 0.5) is 29.7 Å². The topological polar surface area (TPSA) is 105 Å². The van der Waals surface area contributed by atoms with Gasteiger partial charge in [0.2, 0.25) is 6.41 Å². The molecule has 4 aromatic heterocycles. The predicted molar refractivity (Wildman–Crippen MR) is 172 cm³/mol. The van der Waals surface area contributed by atoms with Gasteiger partial charge in [0.05, 0.1) is 35.0 Å². The van der Waals surface area contributed by atoms with Crippen molar-refractivity contribution >= 4 is 40.1 Å². The molecule has 1 unspecified atom stereocenters. The van der Waals surface area contributed by atoms with Gasteiger partial charge in [0.25, 0.3) is 0 Å². The highest BCUT2D eigenvalue weighted by Crippen LogP contribution is 2.31. The zero-order chi connectivity index (χ0) is 32.6. The monoisotopic (exact) mass is 641 g/mol. The molecule has 1 atom stereocenters. The van der Waals surface area contributed by atoms with Gasteiger partial charge in [0.1, 0.15) is 5.00 Å². The molecule has 1 aromatic carbocycles. The maximum Gasteiger partial charge on any atom is 0.416 e. The first-order chi connectivity index (χ1) is 21.5. The van der Waals surface area contributed by atoms with E-state index in [9.17, 15) is 18.0 Å². The summed E-state index contributed by atoms with van der Waals surface area (Å²) in [4.78, 5) is 21.8. The van der Waals surface area contributed by atoms with Gasteiger partial charge in [-0.1, -0.05) is 33.3 Å². The number of rotatable bonds is 12. The van der Waals surface area contributed by atoms with E-state index in [2.05, 4.69) is 68.2 Å². The lowest BCUT2D eigenvalue weighted by Gasteiger charge is -2.22. The van der Waals surface area contributed by atoms with E-state index in [1.165, 1.54) is 30.1 Å². The minimum atomic E-state index is -4.37. The molecule has 5 rings (SSSR count). The number of nitrogens with zero attached hydrogens (tertiary/aromatic N) is 7. The Morgan fingerprint density at radius 2 is 1.93 bits per heavy atom. The Kier molecular flexibility index (Phi) is 11.3. The molecule has 5 aromatic rings. The van der Waals surface area contributed by atoms with Gasteiger partial charge in [0, 0.05) is 43.3 Å². The van der Waals surface area contributed by atoms with Crippen LogP contribution in [0.1, 0.15) is 51.1 Å². The minimum absolute atomic E-state index is 0.129. The first-order valence-corrected chi connectivity index (χ1v) is 15.5. The Morgan fingerprint density at radius 1 is 1.13 bits per heavy atom. The van der Waals surface area contributed by atoms with Crippen molar-refractivity contribution in [2.45, 2.75) is 60.3 Å². The van der Waals surface area contributed by atoms with Crippen molar-refractivity contribution in [1.29, 1.82) is 0 Å². The van der Waals surface area contributed by atoms with Gasteiger partial charge in [0.15, 0.2) is 11.5 Å². The third kappa shape index (κ3) is 8.88. The highest BCUT2D eigenvalue weighted by molar-refractivity contribution is 7.10. The van der Waals surface area contributed by atoms with Gasteiger partial charge in [-0.2, -0.15) is 22.6 Å². The van der Waals surface area contributed by atoms with Crippen molar-refractivity contribution in [2.24, 2.45) is 5.92 Å². The van der Waals surface area contributed by atoms with Crippen LogP contribution in [0.15, 0.2) is 55.1 Å². The van der Waals surface area contributed by atoms with Crippen molar-refractivity contribution in [1.82, 2.24) is 33.4 Å². The summed E-state index contributed by atoms with van der Waals surface area (Å²) < 4.78 is 44.9. The number of hydrogen-bond donors (Lipinski definition) is 2. The van der Waals surface area contributed by atoms with Crippen molar-refractivity contribution in [3.05, 3.63) is 72.1 Å². The SMILES string of the molecule is CCC(C)CN(CC)Cc1cc(Nc2nc(C)cn3c(-c4cnn(CC)c4)cnc23)sn1.O=CNc1cccc(C(F)(F)F)c1. The van der Waals surface area contributed by atoms with Gasteiger partial charge >= 0.3 is 6.18 Å². The molecular formula is C31H38F3N9OS. The number of alkyl halides is 3. The molecule has 14 heteroatoms.